The maximum absolute atomic E-state index is 11.9. The number of amides is 1. The first-order valence-electron chi connectivity index (χ1n) is 8.90. The van der Waals surface area contributed by atoms with Gasteiger partial charge in [-0.25, -0.2) is 0 Å². The van der Waals surface area contributed by atoms with Gasteiger partial charge in [0.1, 0.15) is 6.23 Å². The van der Waals surface area contributed by atoms with Crippen molar-refractivity contribution in [3.8, 4) is 0 Å². The van der Waals surface area contributed by atoms with Gasteiger partial charge >= 0.3 is 0 Å². The lowest BCUT2D eigenvalue weighted by atomic mass is 10.2. The van der Waals surface area contributed by atoms with Crippen LogP contribution < -0.4 is 0 Å². The topological polar surface area (TPSA) is 57.2 Å². The van der Waals surface area contributed by atoms with Crippen molar-refractivity contribution in [2.24, 2.45) is 0 Å². The van der Waals surface area contributed by atoms with E-state index in [1.807, 2.05) is 11.8 Å². The van der Waals surface area contributed by atoms with Gasteiger partial charge in [0.15, 0.2) is 0 Å². The van der Waals surface area contributed by atoms with Crippen LogP contribution in [0.5, 0.6) is 0 Å². The van der Waals surface area contributed by atoms with Gasteiger partial charge in [-0.05, 0) is 26.2 Å². The Kier molecular flexibility index (Phi) is 12.1. The maximum Gasteiger partial charge on any atom is 0.224 e. The summed E-state index contributed by atoms with van der Waals surface area (Å²) < 4.78 is 21.9. The van der Waals surface area contributed by atoms with Crippen LogP contribution in [0.3, 0.4) is 0 Å². The molecule has 1 heterocycles. The summed E-state index contributed by atoms with van der Waals surface area (Å²) in [6, 6.07) is 0. The second-order valence-corrected chi connectivity index (χ2v) is 5.71. The number of carbonyl (C=O) groups is 1. The smallest absolute Gasteiger partial charge is 0.224 e. The molecule has 6 nitrogen and oxygen atoms in total. The molecule has 0 N–H and O–H groups in total. The number of hydrogen-bond acceptors (Lipinski definition) is 5. The molecule has 0 saturated carbocycles. The minimum atomic E-state index is -0.170. The van der Waals surface area contributed by atoms with E-state index in [0.717, 1.165) is 38.8 Å². The Morgan fingerprint density at radius 1 is 0.913 bits per heavy atom. The van der Waals surface area contributed by atoms with Crippen molar-refractivity contribution >= 4 is 5.91 Å². The van der Waals surface area contributed by atoms with Crippen molar-refractivity contribution in [1.29, 1.82) is 0 Å². The van der Waals surface area contributed by atoms with E-state index in [1.165, 1.54) is 0 Å². The van der Waals surface area contributed by atoms with Gasteiger partial charge in [-0.1, -0.05) is 13.3 Å². The van der Waals surface area contributed by atoms with Crippen LogP contribution in [0.25, 0.3) is 0 Å². The molecule has 0 aromatic heterocycles. The van der Waals surface area contributed by atoms with Crippen molar-refractivity contribution in [3.05, 3.63) is 0 Å². The van der Waals surface area contributed by atoms with Gasteiger partial charge in [0.05, 0.1) is 39.6 Å². The largest absolute Gasteiger partial charge is 0.379 e. The Balaban J connectivity index is 1.92. The fourth-order valence-corrected chi connectivity index (χ4v) is 2.44. The predicted molar refractivity (Wildman–Crippen MR) is 88.3 cm³/mol. The van der Waals surface area contributed by atoms with E-state index >= 15 is 0 Å². The molecule has 1 atom stereocenters. The lowest BCUT2D eigenvalue weighted by molar-refractivity contribution is -0.145. The molecule has 23 heavy (non-hydrogen) atoms. The number of nitrogens with zero attached hydrogens (tertiary/aromatic N) is 1. The van der Waals surface area contributed by atoms with Crippen LogP contribution in [0.4, 0.5) is 0 Å². The number of hydrogen-bond donors (Lipinski definition) is 0. The molecular weight excluding hydrogens is 298 g/mol. The average molecular weight is 331 g/mol. The van der Waals surface area contributed by atoms with Gasteiger partial charge in [-0.3, -0.25) is 4.79 Å². The summed E-state index contributed by atoms with van der Waals surface area (Å²) in [5.41, 5.74) is 0. The monoisotopic (exact) mass is 331 g/mol. The molecule has 1 unspecified atom stereocenters. The Bertz CT molecular complexity index is 301. The van der Waals surface area contributed by atoms with E-state index in [9.17, 15) is 4.79 Å². The van der Waals surface area contributed by atoms with E-state index in [1.54, 1.807) is 0 Å². The van der Waals surface area contributed by atoms with Crippen LogP contribution in [0.1, 0.15) is 46.0 Å². The number of carbonyl (C=O) groups excluding carboxylic acids is 1. The molecule has 136 valence electrons. The van der Waals surface area contributed by atoms with Crippen molar-refractivity contribution in [2.75, 3.05) is 52.8 Å². The predicted octanol–water partition coefficient (Wildman–Crippen LogP) is 2.21. The SMILES string of the molecule is CCCOCCOCCOCCOC(C)N1CCCCCC1=O. The second kappa shape index (κ2) is 13.7. The highest BCUT2D eigenvalue weighted by atomic mass is 16.6. The summed E-state index contributed by atoms with van der Waals surface area (Å²) in [5.74, 6) is 0.203. The minimum absolute atomic E-state index is 0.170. The van der Waals surface area contributed by atoms with E-state index in [-0.39, 0.29) is 12.1 Å². The first-order valence-corrected chi connectivity index (χ1v) is 8.90. The molecular formula is C17H33NO5. The molecule has 1 aliphatic heterocycles. The molecule has 0 bridgehead atoms. The number of rotatable bonds is 13. The van der Waals surface area contributed by atoms with Gasteiger partial charge < -0.3 is 23.8 Å². The zero-order valence-electron chi connectivity index (χ0n) is 14.8. The summed E-state index contributed by atoms with van der Waals surface area (Å²) in [4.78, 5) is 13.8. The molecule has 1 rings (SSSR count). The van der Waals surface area contributed by atoms with Gasteiger partial charge in [0, 0.05) is 19.6 Å². The molecule has 1 saturated heterocycles. The Morgan fingerprint density at radius 3 is 2.17 bits per heavy atom. The quantitative estimate of drug-likeness (QED) is 0.484. The van der Waals surface area contributed by atoms with Crippen LogP contribution in [-0.4, -0.2) is 69.8 Å². The van der Waals surface area contributed by atoms with Crippen LogP contribution in [0, 0.1) is 0 Å². The maximum atomic E-state index is 11.9. The first-order chi connectivity index (χ1) is 11.3. The van der Waals surface area contributed by atoms with E-state index in [4.69, 9.17) is 18.9 Å². The third kappa shape index (κ3) is 9.91. The number of ether oxygens (including phenoxy) is 4. The second-order valence-electron chi connectivity index (χ2n) is 5.71. The zero-order chi connectivity index (χ0) is 16.8. The van der Waals surface area contributed by atoms with Crippen LogP contribution >= 0.6 is 0 Å². The van der Waals surface area contributed by atoms with Crippen LogP contribution in [0.2, 0.25) is 0 Å². The Labute approximate surface area is 140 Å². The van der Waals surface area contributed by atoms with Crippen LogP contribution in [0.15, 0.2) is 0 Å². The first kappa shape index (κ1) is 20.4. The highest BCUT2D eigenvalue weighted by Gasteiger charge is 2.21. The molecule has 1 amide bonds. The Morgan fingerprint density at radius 2 is 1.52 bits per heavy atom. The van der Waals surface area contributed by atoms with E-state index in [2.05, 4.69) is 6.92 Å². The van der Waals surface area contributed by atoms with Gasteiger partial charge in [-0.15, -0.1) is 0 Å². The lowest BCUT2D eigenvalue weighted by Crippen LogP contribution is -2.40. The summed E-state index contributed by atoms with van der Waals surface area (Å²) in [6.45, 7) is 8.97. The van der Waals surface area contributed by atoms with Crippen molar-refractivity contribution in [2.45, 2.75) is 52.2 Å². The molecule has 0 spiro atoms. The van der Waals surface area contributed by atoms with E-state index < -0.39 is 0 Å². The highest BCUT2D eigenvalue weighted by molar-refractivity contribution is 5.76. The fourth-order valence-electron chi connectivity index (χ4n) is 2.44. The minimum Gasteiger partial charge on any atom is -0.379 e. The third-order valence-corrected chi connectivity index (χ3v) is 3.73. The highest BCUT2D eigenvalue weighted by Crippen LogP contribution is 2.14. The summed E-state index contributed by atoms with van der Waals surface area (Å²) in [5, 5.41) is 0. The van der Waals surface area contributed by atoms with Gasteiger partial charge in [0.2, 0.25) is 5.91 Å². The van der Waals surface area contributed by atoms with Gasteiger partial charge in [-0.2, -0.15) is 0 Å². The molecule has 0 aromatic carbocycles. The molecule has 1 fully saturated rings. The van der Waals surface area contributed by atoms with Crippen molar-refractivity contribution < 1.29 is 23.7 Å². The van der Waals surface area contributed by atoms with E-state index in [0.29, 0.717) is 46.1 Å². The summed E-state index contributed by atoms with van der Waals surface area (Å²) in [6.07, 6.45) is 4.69. The van der Waals surface area contributed by atoms with Gasteiger partial charge in [0.25, 0.3) is 0 Å². The molecule has 6 heteroatoms. The van der Waals surface area contributed by atoms with Crippen molar-refractivity contribution in [3.63, 3.8) is 0 Å². The fraction of sp³-hybridized carbons (Fsp3) is 0.941. The molecule has 0 aromatic rings. The lowest BCUT2D eigenvalue weighted by Gasteiger charge is -2.27. The zero-order valence-corrected chi connectivity index (χ0v) is 14.8. The molecule has 0 radical (unpaired) electrons. The number of likely N-dealkylation sites (tertiary alicyclic amines) is 1. The normalized spacial score (nSPS) is 17.3. The summed E-state index contributed by atoms with van der Waals surface area (Å²) >= 11 is 0. The average Bonchev–Trinajstić information content (AvgIpc) is 2.77. The summed E-state index contributed by atoms with van der Waals surface area (Å²) in [7, 11) is 0. The van der Waals surface area contributed by atoms with Crippen LogP contribution in [-0.2, 0) is 23.7 Å². The standard InChI is InChI=1S/C17H33NO5/c1-3-9-20-10-11-21-12-13-22-14-15-23-16(2)18-8-6-4-5-7-17(18)19/h16H,3-15H2,1-2H3. The third-order valence-electron chi connectivity index (χ3n) is 3.73. The molecule has 1 aliphatic rings. The Hall–Kier alpha value is -0.690. The van der Waals surface area contributed by atoms with Crippen molar-refractivity contribution in [1.82, 2.24) is 4.90 Å². The molecule has 0 aliphatic carbocycles.